The van der Waals surface area contributed by atoms with Gasteiger partial charge < -0.3 is 19.5 Å². The zero-order chi connectivity index (χ0) is 19.2. The molecule has 1 N–H and O–H groups in total. The van der Waals surface area contributed by atoms with Crippen molar-refractivity contribution in [2.45, 2.75) is 26.0 Å². The van der Waals surface area contributed by atoms with Crippen LogP contribution >= 0.6 is 11.8 Å². The van der Waals surface area contributed by atoms with E-state index in [4.69, 9.17) is 9.47 Å². The van der Waals surface area contributed by atoms with Gasteiger partial charge in [0.2, 0.25) is 0 Å². The van der Waals surface area contributed by atoms with Crippen molar-refractivity contribution in [1.29, 1.82) is 5.26 Å². The van der Waals surface area contributed by atoms with Crippen LogP contribution in [0.1, 0.15) is 20.3 Å². The van der Waals surface area contributed by atoms with Crippen molar-refractivity contribution < 1.29 is 24.2 Å². The van der Waals surface area contributed by atoms with Crippen molar-refractivity contribution in [1.82, 2.24) is 0 Å². The molecule has 1 aromatic carbocycles. The molecule has 0 bridgehead atoms. The molecule has 7 nitrogen and oxygen atoms in total. The first-order valence-electron chi connectivity index (χ1n) is 8.14. The number of para-hydroxylation sites is 1. The lowest BCUT2D eigenvalue weighted by atomic mass is 10.1. The second kappa shape index (κ2) is 8.74. The summed E-state index contributed by atoms with van der Waals surface area (Å²) in [5.74, 6) is -1.23. The Hall–Kier alpha value is -2.50. The Labute approximate surface area is 156 Å². The number of thioether (sulfide) groups is 1. The van der Waals surface area contributed by atoms with Crippen molar-refractivity contribution in [2.75, 3.05) is 23.9 Å². The van der Waals surface area contributed by atoms with Crippen LogP contribution < -0.4 is 4.90 Å². The second-order valence-electron chi connectivity index (χ2n) is 5.44. The van der Waals surface area contributed by atoms with Gasteiger partial charge in [0.1, 0.15) is 11.1 Å². The van der Waals surface area contributed by atoms with Crippen molar-refractivity contribution in [3.8, 4) is 6.07 Å². The number of carbonyl (C=O) groups is 2. The summed E-state index contributed by atoms with van der Waals surface area (Å²) in [5.41, 5.74) is -1.28. The molecule has 1 aliphatic heterocycles. The van der Waals surface area contributed by atoms with E-state index in [0.29, 0.717) is 5.69 Å². The average molecular weight is 376 g/mol. The summed E-state index contributed by atoms with van der Waals surface area (Å²) in [4.78, 5) is 25.6. The van der Waals surface area contributed by atoms with E-state index in [1.807, 2.05) is 6.07 Å². The lowest BCUT2D eigenvalue weighted by Crippen LogP contribution is -2.47. The van der Waals surface area contributed by atoms with Crippen LogP contribution in [0.15, 0.2) is 40.9 Å². The molecule has 0 amide bonds. The minimum atomic E-state index is -1.62. The number of esters is 2. The Balaban J connectivity index is 2.51. The molecule has 1 saturated heterocycles. The molecule has 1 fully saturated rings. The Kier molecular flexibility index (Phi) is 6.66. The zero-order valence-corrected chi connectivity index (χ0v) is 15.4. The molecule has 1 atom stereocenters. The van der Waals surface area contributed by atoms with Crippen molar-refractivity contribution in [3.63, 3.8) is 0 Å². The van der Waals surface area contributed by atoms with Crippen molar-refractivity contribution in [3.05, 3.63) is 40.9 Å². The summed E-state index contributed by atoms with van der Waals surface area (Å²) in [6.07, 6.45) is -0.298. The van der Waals surface area contributed by atoms with Gasteiger partial charge in [-0.15, -0.1) is 11.8 Å². The van der Waals surface area contributed by atoms with Gasteiger partial charge in [-0.3, -0.25) is 4.79 Å². The maximum atomic E-state index is 12.2. The summed E-state index contributed by atoms with van der Waals surface area (Å²) in [5, 5.41) is 20.9. The first-order valence-corrected chi connectivity index (χ1v) is 9.13. The van der Waals surface area contributed by atoms with Crippen LogP contribution in [0.4, 0.5) is 5.69 Å². The summed E-state index contributed by atoms with van der Waals surface area (Å²) in [6, 6.07) is 10.6. The lowest BCUT2D eigenvalue weighted by molar-refractivity contribution is -0.147. The minimum Gasteiger partial charge on any atom is -0.466 e. The molecule has 26 heavy (non-hydrogen) atoms. The number of carbonyl (C=O) groups excluding carboxylic acids is 2. The number of ether oxygens (including phenoxy) is 2. The van der Waals surface area contributed by atoms with Gasteiger partial charge in [-0.05, 0) is 26.0 Å². The minimum absolute atomic E-state index is 0.0978. The molecule has 138 valence electrons. The molecule has 1 aliphatic rings. The number of anilines is 1. The first-order chi connectivity index (χ1) is 12.5. The molecule has 0 saturated carbocycles. The molecular formula is C18H20N2O5S. The predicted molar refractivity (Wildman–Crippen MR) is 96.9 cm³/mol. The van der Waals surface area contributed by atoms with Crippen molar-refractivity contribution in [2.24, 2.45) is 0 Å². The molecule has 8 heteroatoms. The van der Waals surface area contributed by atoms with Gasteiger partial charge in [-0.2, -0.15) is 5.26 Å². The van der Waals surface area contributed by atoms with Crippen LogP contribution in [-0.2, 0) is 19.1 Å². The number of hydrogen-bond donors (Lipinski definition) is 1. The van der Waals surface area contributed by atoms with E-state index >= 15 is 0 Å². The maximum absolute atomic E-state index is 12.2. The largest absolute Gasteiger partial charge is 0.466 e. The third-order valence-electron chi connectivity index (χ3n) is 3.61. The topological polar surface area (TPSA) is 99.9 Å². The Bertz CT molecular complexity index is 744. The molecule has 0 spiro atoms. The third-order valence-corrected chi connectivity index (χ3v) is 4.88. The van der Waals surface area contributed by atoms with Crippen LogP contribution in [0, 0.1) is 11.3 Å². The number of nitriles is 1. The monoisotopic (exact) mass is 376 g/mol. The van der Waals surface area contributed by atoms with Crippen LogP contribution in [0.2, 0.25) is 0 Å². The second-order valence-corrected chi connectivity index (χ2v) is 6.40. The van der Waals surface area contributed by atoms with Gasteiger partial charge in [0.25, 0.3) is 0 Å². The van der Waals surface area contributed by atoms with Crippen LogP contribution in [0.5, 0.6) is 0 Å². The fourth-order valence-electron chi connectivity index (χ4n) is 2.58. The highest BCUT2D eigenvalue weighted by Gasteiger charge is 2.47. The van der Waals surface area contributed by atoms with Gasteiger partial charge in [0, 0.05) is 11.4 Å². The number of aliphatic hydroxyl groups is 1. The van der Waals surface area contributed by atoms with Crippen LogP contribution in [0.25, 0.3) is 0 Å². The van der Waals surface area contributed by atoms with Gasteiger partial charge in [0.05, 0.1) is 19.6 Å². The molecule has 1 unspecified atom stereocenters. The average Bonchev–Trinajstić information content (AvgIpc) is 2.93. The molecule has 0 aromatic heterocycles. The van der Waals surface area contributed by atoms with Gasteiger partial charge in [-0.25, -0.2) is 4.79 Å². The Morgan fingerprint density at radius 2 is 1.92 bits per heavy atom. The number of benzene rings is 1. The molecule has 0 radical (unpaired) electrons. The van der Waals surface area contributed by atoms with Gasteiger partial charge in [0.15, 0.2) is 11.3 Å². The number of nitrogens with zero attached hydrogens (tertiary/aromatic N) is 2. The van der Waals surface area contributed by atoms with E-state index in [9.17, 15) is 20.0 Å². The molecule has 1 aromatic rings. The summed E-state index contributed by atoms with van der Waals surface area (Å²) < 4.78 is 9.90. The van der Waals surface area contributed by atoms with E-state index in [0.717, 1.165) is 11.8 Å². The molecule has 1 heterocycles. The fourth-order valence-corrected chi connectivity index (χ4v) is 3.85. The SMILES string of the molecule is CCOC(=O)CC1(O)CS/C(=C(/C#N)C(=O)OCC)N1c1ccccc1. The summed E-state index contributed by atoms with van der Waals surface area (Å²) in [6.45, 7) is 3.65. The quantitative estimate of drug-likeness (QED) is 0.458. The smallest absolute Gasteiger partial charge is 0.351 e. The van der Waals surface area contributed by atoms with Crippen LogP contribution in [-0.4, -0.2) is 41.7 Å². The predicted octanol–water partition coefficient (Wildman–Crippen LogP) is 2.18. The van der Waals surface area contributed by atoms with Crippen LogP contribution in [0.3, 0.4) is 0 Å². The standard InChI is InChI=1S/C18H20N2O5S/c1-3-24-15(21)10-18(23)12-26-16(14(11-19)17(22)25-4-2)20(18)13-8-6-5-7-9-13/h5-9,23H,3-4,10,12H2,1-2H3/b16-14-. The highest BCUT2D eigenvalue weighted by Crippen LogP contribution is 2.45. The molecule has 0 aliphatic carbocycles. The van der Waals surface area contributed by atoms with E-state index < -0.39 is 17.7 Å². The fraction of sp³-hybridized carbons (Fsp3) is 0.389. The normalized spacial score (nSPS) is 21.1. The van der Waals surface area contributed by atoms with E-state index in [1.165, 1.54) is 4.90 Å². The van der Waals surface area contributed by atoms with Crippen molar-refractivity contribution >= 4 is 29.4 Å². The van der Waals surface area contributed by atoms with E-state index in [1.54, 1.807) is 44.2 Å². The lowest BCUT2D eigenvalue weighted by Gasteiger charge is -2.34. The molecule has 2 rings (SSSR count). The zero-order valence-electron chi connectivity index (χ0n) is 14.6. The molecular weight excluding hydrogens is 356 g/mol. The van der Waals surface area contributed by atoms with E-state index in [-0.39, 0.29) is 36.0 Å². The summed E-state index contributed by atoms with van der Waals surface area (Å²) >= 11 is 1.12. The van der Waals surface area contributed by atoms with Gasteiger partial charge in [-0.1, -0.05) is 18.2 Å². The first kappa shape index (κ1) is 19.8. The van der Waals surface area contributed by atoms with E-state index in [2.05, 4.69) is 0 Å². The maximum Gasteiger partial charge on any atom is 0.351 e. The van der Waals surface area contributed by atoms with Gasteiger partial charge >= 0.3 is 11.9 Å². The summed E-state index contributed by atoms with van der Waals surface area (Å²) in [7, 11) is 0. The Morgan fingerprint density at radius 1 is 1.27 bits per heavy atom. The Morgan fingerprint density at radius 3 is 2.50 bits per heavy atom. The highest BCUT2D eigenvalue weighted by molar-refractivity contribution is 8.03. The third kappa shape index (κ3) is 4.18. The number of rotatable bonds is 6. The highest BCUT2D eigenvalue weighted by atomic mass is 32.2. The number of hydrogen-bond acceptors (Lipinski definition) is 8.